The Bertz CT molecular complexity index is 370. The highest BCUT2D eigenvalue weighted by Gasteiger charge is 2.38. The summed E-state index contributed by atoms with van der Waals surface area (Å²) in [7, 11) is 0. The van der Waals surface area contributed by atoms with Crippen LogP contribution in [0.1, 0.15) is 51.3 Å². The van der Waals surface area contributed by atoms with E-state index >= 15 is 0 Å². The lowest BCUT2D eigenvalue weighted by Crippen LogP contribution is -2.64. The highest BCUT2D eigenvalue weighted by atomic mass is 32.1. The second kappa shape index (κ2) is 7.58. The van der Waals surface area contributed by atoms with Gasteiger partial charge >= 0.3 is 0 Å². The third kappa shape index (κ3) is 3.63. The number of hydrogen-bond donors (Lipinski definition) is 1. The van der Waals surface area contributed by atoms with Gasteiger partial charge in [-0.2, -0.15) is 0 Å². The molecule has 0 radical (unpaired) electrons. The average molecular weight is 295 g/mol. The van der Waals surface area contributed by atoms with E-state index in [0.29, 0.717) is 11.6 Å². The van der Waals surface area contributed by atoms with Crippen molar-refractivity contribution in [3.8, 4) is 0 Å². The molecule has 1 aliphatic heterocycles. The van der Waals surface area contributed by atoms with Gasteiger partial charge in [0.05, 0.1) is 0 Å². The SMILES string of the molecule is CCCC1CN(CCc2cccs2)C(CC)(CC)CN1. The molecule has 114 valence electrons. The molecule has 0 bridgehead atoms. The zero-order valence-electron chi connectivity index (χ0n) is 13.3. The third-order valence-corrected chi connectivity index (χ3v) is 5.93. The Morgan fingerprint density at radius 1 is 1.35 bits per heavy atom. The van der Waals surface area contributed by atoms with Crippen molar-refractivity contribution >= 4 is 11.3 Å². The molecule has 1 aliphatic rings. The van der Waals surface area contributed by atoms with Crippen LogP contribution in [0.2, 0.25) is 0 Å². The second-order valence-electron chi connectivity index (χ2n) is 6.07. The van der Waals surface area contributed by atoms with Gasteiger partial charge in [0.2, 0.25) is 0 Å². The molecule has 0 aliphatic carbocycles. The van der Waals surface area contributed by atoms with Gasteiger partial charge in [-0.15, -0.1) is 11.3 Å². The second-order valence-corrected chi connectivity index (χ2v) is 7.11. The highest BCUT2D eigenvalue weighted by Crippen LogP contribution is 2.28. The van der Waals surface area contributed by atoms with Crippen molar-refractivity contribution in [1.29, 1.82) is 0 Å². The Morgan fingerprint density at radius 2 is 2.15 bits per heavy atom. The summed E-state index contributed by atoms with van der Waals surface area (Å²) >= 11 is 1.90. The van der Waals surface area contributed by atoms with Crippen LogP contribution in [0, 0.1) is 0 Å². The van der Waals surface area contributed by atoms with E-state index in [4.69, 9.17) is 0 Å². The summed E-state index contributed by atoms with van der Waals surface area (Å²) in [5.41, 5.74) is 0.376. The molecule has 1 fully saturated rings. The van der Waals surface area contributed by atoms with Crippen LogP contribution >= 0.6 is 11.3 Å². The molecule has 0 saturated carbocycles. The van der Waals surface area contributed by atoms with Gasteiger partial charge in [0, 0.05) is 36.1 Å². The maximum Gasteiger partial charge on any atom is 0.0329 e. The lowest BCUT2D eigenvalue weighted by atomic mass is 9.86. The van der Waals surface area contributed by atoms with Gasteiger partial charge in [0.1, 0.15) is 0 Å². The summed E-state index contributed by atoms with van der Waals surface area (Å²) in [6, 6.07) is 5.13. The molecule has 1 aromatic heterocycles. The smallest absolute Gasteiger partial charge is 0.0329 e. The molecule has 0 aromatic carbocycles. The van der Waals surface area contributed by atoms with Crippen LogP contribution < -0.4 is 5.32 Å². The van der Waals surface area contributed by atoms with Gasteiger partial charge < -0.3 is 5.32 Å². The molecule has 1 atom stereocenters. The number of thiophene rings is 1. The van der Waals surface area contributed by atoms with E-state index < -0.39 is 0 Å². The van der Waals surface area contributed by atoms with Crippen molar-refractivity contribution in [2.45, 2.75) is 64.5 Å². The maximum atomic E-state index is 3.80. The number of nitrogens with one attached hydrogen (secondary N) is 1. The van der Waals surface area contributed by atoms with E-state index in [0.717, 1.165) is 6.54 Å². The summed E-state index contributed by atoms with van der Waals surface area (Å²) < 4.78 is 0. The number of hydrogen-bond acceptors (Lipinski definition) is 3. The van der Waals surface area contributed by atoms with Crippen LogP contribution in [0.15, 0.2) is 17.5 Å². The molecular weight excluding hydrogens is 264 g/mol. The number of piperazine rings is 1. The van der Waals surface area contributed by atoms with E-state index in [-0.39, 0.29) is 0 Å². The van der Waals surface area contributed by atoms with Crippen molar-refractivity contribution in [1.82, 2.24) is 10.2 Å². The first-order chi connectivity index (χ1) is 9.74. The predicted octanol–water partition coefficient (Wildman–Crippen LogP) is 3.92. The van der Waals surface area contributed by atoms with Crippen LogP contribution in [0.25, 0.3) is 0 Å². The summed E-state index contributed by atoms with van der Waals surface area (Å²) in [5, 5.41) is 5.99. The third-order valence-electron chi connectivity index (χ3n) is 4.99. The molecule has 2 heterocycles. The Balaban J connectivity index is 2.01. The largest absolute Gasteiger partial charge is 0.311 e. The minimum Gasteiger partial charge on any atom is -0.311 e. The van der Waals surface area contributed by atoms with Crippen LogP contribution in [0.3, 0.4) is 0 Å². The van der Waals surface area contributed by atoms with Crippen LogP contribution in [-0.2, 0) is 6.42 Å². The Kier molecular flexibility index (Phi) is 6.06. The fraction of sp³-hybridized carbons (Fsp3) is 0.765. The van der Waals surface area contributed by atoms with Crippen molar-refractivity contribution in [2.24, 2.45) is 0 Å². The number of nitrogens with zero attached hydrogens (tertiary/aromatic N) is 1. The summed E-state index contributed by atoms with van der Waals surface area (Å²) in [6.07, 6.45) is 6.29. The minimum atomic E-state index is 0.376. The van der Waals surface area contributed by atoms with Crippen molar-refractivity contribution in [2.75, 3.05) is 19.6 Å². The van der Waals surface area contributed by atoms with E-state index in [1.165, 1.54) is 50.1 Å². The van der Waals surface area contributed by atoms with Crippen LogP contribution in [0.5, 0.6) is 0 Å². The van der Waals surface area contributed by atoms with Gasteiger partial charge in [-0.1, -0.05) is 33.3 Å². The van der Waals surface area contributed by atoms with Gasteiger partial charge in [-0.05, 0) is 37.1 Å². The van der Waals surface area contributed by atoms with E-state index in [1.54, 1.807) is 0 Å². The van der Waals surface area contributed by atoms with Crippen LogP contribution in [0.4, 0.5) is 0 Å². The molecule has 20 heavy (non-hydrogen) atoms. The first-order valence-corrected chi connectivity index (χ1v) is 9.13. The van der Waals surface area contributed by atoms with Crippen molar-refractivity contribution < 1.29 is 0 Å². The van der Waals surface area contributed by atoms with Crippen molar-refractivity contribution in [3.63, 3.8) is 0 Å². The topological polar surface area (TPSA) is 15.3 Å². The summed E-state index contributed by atoms with van der Waals surface area (Å²) in [6.45, 7) is 10.6. The van der Waals surface area contributed by atoms with Gasteiger partial charge in [-0.25, -0.2) is 0 Å². The van der Waals surface area contributed by atoms with E-state index in [9.17, 15) is 0 Å². The molecule has 1 aromatic rings. The molecule has 1 saturated heterocycles. The lowest BCUT2D eigenvalue weighted by molar-refractivity contribution is 0.0310. The quantitative estimate of drug-likeness (QED) is 0.820. The molecular formula is C17H30N2S. The normalized spacial score (nSPS) is 23.1. The fourth-order valence-electron chi connectivity index (χ4n) is 3.49. The minimum absolute atomic E-state index is 0.376. The van der Waals surface area contributed by atoms with Crippen LogP contribution in [-0.4, -0.2) is 36.1 Å². The summed E-state index contributed by atoms with van der Waals surface area (Å²) in [5.74, 6) is 0. The first kappa shape index (κ1) is 16.0. The Morgan fingerprint density at radius 3 is 2.75 bits per heavy atom. The highest BCUT2D eigenvalue weighted by molar-refractivity contribution is 7.09. The zero-order chi connectivity index (χ0) is 14.4. The first-order valence-electron chi connectivity index (χ1n) is 8.25. The molecule has 2 rings (SSSR count). The summed E-state index contributed by atoms with van der Waals surface area (Å²) in [4.78, 5) is 4.31. The molecule has 1 N–H and O–H groups in total. The predicted molar refractivity (Wildman–Crippen MR) is 89.6 cm³/mol. The molecule has 0 spiro atoms. The average Bonchev–Trinajstić information content (AvgIpc) is 2.99. The van der Waals surface area contributed by atoms with E-state index in [2.05, 4.69) is 48.5 Å². The monoisotopic (exact) mass is 294 g/mol. The Hall–Kier alpha value is -0.380. The van der Waals surface area contributed by atoms with Gasteiger partial charge in [0.15, 0.2) is 0 Å². The van der Waals surface area contributed by atoms with Gasteiger partial charge in [-0.3, -0.25) is 4.90 Å². The maximum absolute atomic E-state index is 3.80. The molecule has 2 nitrogen and oxygen atoms in total. The molecule has 3 heteroatoms. The lowest BCUT2D eigenvalue weighted by Gasteiger charge is -2.50. The fourth-order valence-corrected chi connectivity index (χ4v) is 4.19. The number of rotatable bonds is 7. The Labute approximate surface area is 128 Å². The van der Waals surface area contributed by atoms with E-state index in [1.807, 2.05) is 11.3 Å². The van der Waals surface area contributed by atoms with Gasteiger partial charge in [0.25, 0.3) is 0 Å². The zero-order valence-corrected chi connectivity index (χ0v) is 14.1. The molecule has 0 amide bonds. The van der Waals surface area contributed by atoms with Crippen molar-refractivity contribution in [3.05, 3.63) is 22.4 Å². The molecule has 1 unspecified atom stereocenters. The standard InChI is InChI=1S/C17H30N2S/c1-4-8-15-13-19(11-10-16-9-7-12-20-16)17(5-2,6-3)14-18-15/h7,9,12,15,18H,4-6,8,10-11,13-14H2,1-3H3.